The molecule has 160 valence electrons. The molecule has 0 spiro atoms. The van der Waals surface area contributed by atoms with Crippen LogP contribution < -0.4 is 15.0 Å². The predicted octanol–water partition coefficient (Wildman–Crippen LogP) is 2.69. The fourth-order valence-electron chi connectivity index (χ4n) is 3.77. The molecule has 4 rings (SSSR count). The second-order valence-corrected chi connectivity index (χ2v) is 8.06. The van der Waals surface area contributed by atoms with Crippen LogP contribution in [0.4, 0.5) is 11.4 Å². The molecule has 0 aromatic heterocycles. The Kier molecular flexibility index (Phi) is 5.22. The molecular weight excluding hydrogens is 398 g/mol. The number of nitrogens with one attached hydrogen (secondary N) is 1. The van der Waals surface area contributed by atoms with Crippen LogP contribution in [0.25, 0.3) is 0 Å². The van der Waals surface area contributed by atoms with Gasteiger partial charge < -0.3 is 15.0 Å². The van der Waals surface area contributed by atoms with Gasteiger partial charge in [-0.1, -0.05) is 26.0 Å². The Morgan fingerprint density at radius 2 is 1.68 bits per heavy atom. The van der Waals surface area contributed by atoms with Gasteiger partial charge in [0.05, 0.1) is 16.8 Å². The number of carbonyl (C=O) groups excluding carboxylic acids is 4. The van der Waals surface area contributed by atoms with Gasteiger partial charge in [0.2, 0.25) is 5.91 Å². The Morgan fingerprint density at radius 3 is 2.29 bits per heavy atom. The minimum absolute atomic E-state index is 0.0256. The number of anilines is 2. The molecule has 0 fully saturated rings. The van der Waals surface area contributed by atoms with E-state index in [1.54, 1.807) is 47.4 Å². The van der Waals surface area contributed by atoms with Crippen LogP contribution in [0.3, 0.4) is 0 Å². The van der Waals surface area contributed by atoms with Crippen molar-refractivity contribution in [1.29, 1.82) is 0 Å². The molecule has 1 N–H and O–H groups in total. The molecule has 4 amide bonds. The Balaban J connectivity index is 1.54. The summed E-state index contributed by atoms with van der Waals surface area (Å²) in [7, 11) is 0. The molecule has 1 unspecified atom stereocenters. The molecule has 8 nitrogen and oxygen atoms in total. The Hall–Kier alpha value is -3.68. The van der Waals surface area contributed by atoms with Gasteiger partial charge in [0.1, 0.15) is 11.8 Å². The van der Waals surface area contributed by atoms with Gasteiger partial charge in [-0.2, -0.15) is 0 Å². The lowest BCUT2D eigenvalue weighted by Gasteiger charge is -2.31. The molecular formula is C23H23N3O5. The van der Waals surface area contributed by atoms with Crippen molar-refractivity contribution in [1.82, 2.24) is 4.90 Å². The Morgan fingerprint density at radius 1 is 1.03 bits per heavy atom. The smallest absolute Gasteiger partial charge is 0.265 e. The molecule has 8 heteroatoms. The molecule has 0 saturated carbocycles. The number of carbonyl (C=O) groups is 4. The Labute approximate surface area is 179 Å². The number of fused-ring (bicyclic) bond motifs is 2. The zero-order valence-corrected chi connectivity index (χ0v) is 17.5. The highest BCUT2D eigenvalue weighted by Crippen LogP contribution is 2.35. The van der Waals surface area contributed by atoms with Gasteiger partial charge in [-0.3, -0.25) is 24.1 Å². The standard InChI is InChI=1S/C23H23N3O5/c1-13(2)11-25-18-10-15(8-9-19(18)31-12-20(25)27)24-21(28)14(3)26-22(29)16-6-4-5-7-17(16)23(26)30/h4-10,13-14H,11-12H2,1-3H3,(H,24,28). The van der Waals surface area contributed by atoms with Crippen molar-refractivity contribution in [3.8, 4) is 5.75 Å². The maximum Gasteiger partial charge on any atom is 0.265 e. The van der Waals surface area contributed by atoms with Gasteiger partial charge in [0.15, 0.2) is 6.61 Å². The van der Waals surface area contributed by atoms with Gasteiger partial charge in [-0.25, -0.2) is 0 Å². The number of hydrogen-bond acceptors (Lipinski definition) is 5. The highest BCUT2D eigenvalue weighted by Gasteiger charge is 2.40. The quantitative estimate of drug-likeness (QED) is 0.749. The fraction of sp³-hybridized carbons (Fsp3) is 0.304. The average Bonchev–Trinajstić information content (AvgIpc) is 3.00. The highest BCUT2D eigenvalue weighted by molar-refractivity contribution is 6.23. The third kappa shape index (κ3) is 3.65. The number of amides is 4. The Bertz CT molecular complexity index is 1060. The molecule has 2 heterocycles. The first-order valence-corrected chi connectivity index (χ1v) is 10.1. The average molecular weight is 421 g/mol. The molecule has 2 aliphatic heterocycles. The summed E-state index contributed by atoms with van der Waals surface area (Å²) in [5.74, 6) is -0.822. The molecule has 1 atom stereocenters. The monoisotopic (exact) mass is 421 g/mol. The summed E-state index contributed by atoms with van der Waals surface area (Å²) in [6, 6.07) is 10.5. The van der Waals surface area contributed by atoms with Gasteiger partial charge in [-0.15, -0.1) is 0 Å². The molecule has 0 saturated heterocycles. The van der Waals surface area contributed by atoms with Crippen LogP contribution in [0, 0.1) is 5.92 Å². The van der Waals surface area contributed by atoms with Crippen molar-refractivity contribution in [2.45, 2.75) is 26.8 Å². The van der Waals surface area contributed by atoms with E-state index in [-0.39, 0.29) is 18.4 Å². The summed E-state index contributed by atoms with van der Waals surface area (Å²) in [4.78, 5) is 53.1. The van der Waals surface area contributed by atoms with Gasteiger partial charge in [-0.05, 0) is 43.2 Å². The number of hydrogen-bond donors (Lipinski definition) is 1. The van der Waals surface area contributed by atoms with E-state index in [0.717, 1.165) is 4.90 Å². The van der Waals surface area contributed by atoms with Crippen molar-refractivity contribution < 1.29 is 23.9 Å². The topological polar surface area (TPSA) is 96.0 Å². The van der Waals surface area contributed by atoms with Crippen molar-refractivity contribution >= 4 is 35.0 Å². The van der Waals surface area contributed by atoms with Crippen LogP contribution in [-0.4, -0.2) is 47.7 Å². The second kappa shape index (κ2) is 7.86. The van der Waals surface area contributed by atoms with E-state index < -0.39 is 23.8 Å². The van der Waals surface area contributed by atoms with E-state index in [2.05, 4.69) is 5.32 Å². The van der Waals surface area contributed by atoms with Gasteiger partial charge >= 0.3 is 0 Å². The number of benzene rings is 2. The van der Waals surface area contributed by atoms with Crippen molar-refractivity contribution in [2.24, 2.45) is 5.92 Å². The third-order valence-electron chi connectivity index (χ3n) is 5.31. The van der Waals surface area contributed by atoms with Crippen LogP contribution in [0.2, 0.25) is 0 Å². The third-order valence-corrected chi connectivity index (χ3v) is 5.31. The summed E-state index contributed by atoms with van der Waals surface area (Å²) in [6.07, 6.45) is 0. The molecule has 2 aromatic rings. The van der Waals surface area contributed by atoms with Crippen LogP contribution in [0.5, 0.6) is 5.75 Å². The molecule has 2 aliphatic rings. The number of nitrogens with zero attached hydrogens (tertiary/aromatic N) is 2. The first-order valence-electron chi connectivity index (χ1n) is 10.1. The number of rotatable bonds is 5. The second-order valence-electron chi connectivity index (χ2n) is 8.06. The zero-order valence-electron chi connectivity index (χ0n) is 17.5. The summed E-state index contributed by atoms with van der Waals surface area (Å²) >= 11 is 0. The van der Waals surface area contributed by atoms with Crippen molar-refractivity contribution in [3.05, 3.63) is 53.6 Å². The van der Waals surface area contributed by atoms with E-state index in [1.807, 2.05) is 13.8 Å². The SMILES string of the molecule is CC(C)CN1C(=O)COc2ccc(NC(=O)C(C)N3C(=O)c4ccccc4C3=O)cc21. The first-order chi connectivity index (χ1) is 14.8. The maximum atomic E-state index is 12.9. The summed E-state index contributed by atoms with van der Waals surface area (Å²) in [5, 5.41) is 2.75. The number of imide groups is 1. The fourth-order valence-corrected chi connectivity index (χ4v) is 3.77. The zero-order chi connectivity index (χ0) is 22.3. The minimum Gasteiger partial charge on any atom is -0.482 e. The van der Waals surface area contributed by atoms with Crippen LogP contribution in [0.1, 0.15) is 41.5 Å². The summed E-state index contributed by atoms with van der Waals surface area (Å²) in [5.41, 5.74) is 1.61. The maximum absolute atomic E-state index is 12.9. The first kappa shape index (κ1) is 20.6. The van der Waals surface area contributed by atoms with E-state index in [9.17, 15) is 19.2 Å². The summed E-state index contributed by atoms with van der Waals surface area (Å²) in [6.45, 7) is 6.03. The van der Waals surface area contributed by atoms with Crippen molar-refractivity contribution in [3.63, 3.8) is 0 Å². The summed E-state index contributed by atoms with van der Waals surface area (Å²) < 4.78 is 5.50. The number of ether oxygens (including phenoxy) is 1. The lowest BCUT2D eigenvalue weighted by atomic mass is 10.1. The molecule has 0 bridgehead atoms. The van der Waals surface area contributed by atoms with Crippen LogP contribution in [-0.2, 0) is 9.59 Å². The van der Waals surface area contributed by atoms with Gasteiger partial charge in [0, 0.05) is 12.2 Å². The lowest BCUT2D eigenvalue weighted by Crippen LogP contribution is -2.45. The van der Waals surface area contributed by atoms with E-state index in [4.69, 9.17) is 4.74 Å². The molecule has 31 heavy (non-hydrogen) atoms. The normalized spacial score (nSPS) is 16.2. The van der Waals surface area contributed by atoms with E-state index in [1.165, 1.54) is 6.92 Å². The van der Waals surface area contributed by atoms with Gasteiger partial charge in [0.25, 0.3) is 17.7 Å². The molecule has 0 radical (unpaired) electrons. The van der Waals surface area contributed by atoms with Crippen molar-refractivity contribution in [2.75, 3.05) is 23.4 Å². The molecule has 0 aliphatic carbocycles. The lowest BCUT2D eigenvalue weighted by molar-refractivity contribution is -0.121. The van der Waals surface area contributed by atoms with Crippen LogP contribution >= 0.6 is 0 Å². The minimum atomic E-state index is -1.01. The highest BCUT2D eigenvalue weighted by atomic mass is 16.5. The van der Waals surface area contributed by atoms with E-state index in [0.29, 0.717) is 34.8 Å². The largest absolute Gasteiger partial charge is 0.482 e. The van der Waals surface area contributed by atoms with Crippen LogP contribution in [0.15, 0.2) is 42.5 Å². The predicted molar refractivity (Wildman–Crippen MR) is 114 cm³/mol. The molecule has 2 aromatic carbocycles. The van der Waals surface area contributed by atoms with E-state index >= 15 is 0 Å².